The van der Waals surface area contributed by atoms with Crippen molar-refractivity contribution in [3.05, 3.63) is 54.7 Å². The first-order chi connectivity index (χ1) is 11.3. The van der Waals surface area contributed by atoms with Crippen LogP contribution in [0.3, 0.4) is 0 Å². The summed E-state index contributed by atoms with van der Waals surface area (Å²) in [7, 11) is 1.89. The number of aromatic nitrogens is 5. The van der Waals surface area contributed by atoms with Crippen molar-refractivity contribution in [3.8, 4) is 11.3 Å². The molecule has 0 bridgehead atoms. The molecule has 0 radical (unpaired) electrons. The maximum absolute atomic E-state index is 4.52. The van der Waals surface area contributed by atoms with Gasteiger partial charge in [-0.3, -0.25) is 9.67 Å². The fraction of sp³-hybridized carbons (Fsp3) is 0.294. The smallest absolute Gasteiger partial charge is 0.223 e. The van der Waals surface area contributed by atoms with E-state index in [1.54, 1.807) is 17.1 Å². The summed E-state index contributed by atoms with van der Waals surface area (Å²) in [6.45, 7) is 0.851. The first-order valence-electron chi connectivity index (χ1n) is 7.77. The van der Waals surface area contributed by atoms with E-state index in [1.807, 2.05) is 37.6 Å². The molecule has 0 atom stereocenters. The van der Waals surface area contributed by atoms with E-state index in [9.17, 15) is 0 Å². The highest BCUT2D eigenvalue weighted by Crippen LogP contribution is 2.16. The van der Waals surface area contributed by atoms with Gasteiger partial charge in [0.1, 0.15) is 0 Å². The van der Waals surface area contributed by atoms with Crippen molar-refractivity contribution in [2.24, 2.45) is 7.05 Å². The van der Waals surface area contributed by atoms with Crippen molar-refractivity contribution in [2.45, 2.75) is 19.3 Å². The summed E-state index contributed by atoms with van der Waals surface area (Å²) in [6, 6.07) is 7.92. The van der Waals surface area contributed by atoms with Gasteiger partial charge in [0.2, 0.25) is 5.95 Å². The molecule has 3 aromatic heterocycles. The standard InChI is InChI=1S/C17H20N6/c1-23-13-14(12-21-23)16-8-11-20-17(22-16)19-10-5-3-7-15-6-2-4-9-18-15/h2,4,6,8-9,11-13H,3,5,7,10H2,1H3,(H,19,20,22). The van der Waals surface area contributed by atoms with Crippen LogP contribution in [0.25, 0.3) is 11.3 Å². The zero-order valence-electron chi connectivity index (χ0n) is 13.2. The van der Waals surface area contributed by atoms with E-state index in [-0.39, 0.29) is 0 Å². The molecule has 1 N–H and O–H groups in total. The third-order valence-corrected chi connectivity index (χ3v) is 3.53. The lowest BCUT2D eigenvalue weighted by molar-refractivity contribution is 0.745. The SMILES string of the molecule is Cn1cc(-c2ccnc(NCCCCc3ccccn3)n2)cn1. The monoisotopic (exact) mass is 308 g/mol. The zero-order valence-corrected chi connectivity index (χ0v) is 13.2. The van der Waals surface area contributed by atoms with Crippen molar-refractivity contribution < 1.29 is 0 Å². The Kier molecular flexibility index (Phi) is 4.93. The van der Waals surface area contributed by atoms with Crippen LogP contribution >= 0.6 is 0 Å². The average molecular weight is 308 g/mol. The Labute approximate surface area is 135 Å². The zero-order chi connectivity index (χ0) is 15.9. The molecule has 0 unspecified atom stereocenters. The van der Waals surface area contributed by atoms with E-state index < -0.39 is 0 Å². The number of unbranched alkanes of at least 4 members (excludes halogenated alkanes) is 1. The molecule has 0 spiro atoms. The molecule has 3 rings (SSSR count). The van der Waals surface area contributed by atoms with Crippen LogP contribution in [0.15, 0.2) is 49.1 Å². The highest BCUT2D eigenvalue weighted by atomic mass is 15.2. The molecule has 118 valence electrons. The molecule has 0 saturated carbocycles. The van der Waals surface area contributed by atoms with E-state index in [0.717, 1.165) is 42.8 Å². The second-order valence-corrected chi connectivity index (χ2v) is 5.37. The van der Waals surface area contributed by atoms with Crippen molar-refractivity contribution in [2.75, 3.05) is 11.9 Å². The number of rotatable bonds is 7. The number of hydrogen-bond acceptors (Lipinski definition) is 5. The highest BCUT2D eigenvalue weighted by molar-refractivity contribution is 5.57. The summed E-state index contributed by atoms with van der Waals surface area (Å²) in [6.07, 6.45) is 10.5. The summed E-state index contributed by atoms with van der Waals surface area (Å²) in [5.74, 6) is 0.657. The van der Waals surface area contributed by atoms with Gasteiger partial charge in [-0.25, -0.2) is 9.97 Å². The van der Waals surface area contributed by atoms with Gasteiger partial charge in [-0.2, -0.15) is 5.10 Å². The van der Waals surface area contributed by atoms with Gasteiger partial charge in [0, 0.05) is 43.4 Å². The lowest BCUT2D eigenvalue weighted by Crippen LogP contribution is -2.06. The van der Waals surface area contributed by atoms with E-state index in [0.29, 0.717) is 5.95 Å². The van der Waals surface area contributed by atoms with Crippen LogP contribution in [0, 0.1) is 0 Å². The first kappa shape index (κ1) is 15.1. The van der Waals surface area contributed by atoms with Crippen molar-refractivity contribution >= 4 is 5.95 Å². The van der Waals surface area contributed by atoms with Crippen molar-refractivity contribution in [1.82, 2.24) is 24.7 Å². The lowest BCUT2D eigenvalue weighted by atomic mass is 10.2. The van der Waals surface area contributed by atoms with Crippen LogP contribution in [-0.4, -0.2) is 31.3 Å². The number of pyridine rings is 1. The Morgan fingerprint density at radius 2 is 2.04 bits per heavy atom. The Morgan fingerprint density at radius 1 is 1.09 bits per heavy atom. The van der Waals surface area contributed by atoms with Crippen LogP contribution in [-0.2, 0) is 13.5 Å². The van der Waals surface area contributed by atoms with Crippen LogP contribution in [0.5, 0.6) is 0 Å². The van der Waals surface area contributed by atoms with Gasteiger partial charge >= 0.3 is 0 Å². The van der Waals surface area contributed by atoms with E-state index in [1.165, 1.54) is 0 Å². The van der Waals surface area contributed by atoms with Crippen molar-refractivity contribution in [1.29, 1.82) is 0 Å². The third kappa shape index (κ3) is 4.35. The summed E-state index contributed by atoms with van der Waals surface area (Å²) >= 11 is 0. The fourth-order valence-corrected chi connectivity index (χ4v) is 2.34. The highest BCUT2D eigenvalue weighted by Gasteiger charge is 2.04. The molecule has 0 aliphatic carbocycles. The third-order valence-electron chi connectivity index (χ3n) is 3.53. The minimum Gasteiger partial charge on any atom is -0.354 e. The van der Waals surface area contributed by atoms with Gasteiger partial charge in [0.05, 0.1) is 11.9 Å². The molecular weight excluding hydrogens is 288 g/mol. The minimum absolute atomic E-state index is 0.657. The van der Waals surface area contributed by atoms with Crippen LogP contribution < -0.4 is 5.32 Å². The van der Waals surface area contributed by atoms with Crippen LogP contribution in [0.4, 0.5) is 5.95 Å². The molecule has 0 saturated heterocycles. The maximum atomic E-state index is 4.52. The Balaban J connectivity index is 1.47. The van der Waals surface area contributed by atoms with E-state index >= 15 is 0 Å². The van der Waals surface area contributed by atoms with Gasteiger partial charge in [-0.05, 0) is 37.5 Å². The van der Waals surface area contributed by atoms with E-state index in [4.69, 9.17) is 0 Å². The van der Waals surface area contributed by atoms with Gasteiger partial charge in [-0.1, -0.05) is 6.07 Å². The molecule has 3 aromatic rings. The predicted molar refractivity (Wildman–Crippen MR) is 89.9 cm³/mol. The molecule has 0 amide bonds. The Bertz CT molecular complexity index is 738. The fourth-order valence-electron chi connectivity index (χ4n) is 2.34. The number of hydrogen-bond donors (Lipinski definition) is 1. The van der Waals surface area contributed by atoms with Gasteiger partial charge < -0.3 is 5.32 Å². The molecule has 6 heteroatoms. The average Bonchev–Trinajstić information content (AvgIpc) is 3.02. The largest absolute Gasteiger partial charge is 0.354 e. The molecule has 0 aliphatic heterocycles. The maximum Gasteiger partial charge on any atom is 0.223 e. The van der Waals surface area contributed by atoms with Gasteiger partial charge in [0.15, 0.2) is 0 Å². The molecular formula is C17H20N6. The first-order valence-corrected chi connectivity index (χ1v) is 7.77. The summed E-state index contributed by atoms with van der Waals surface area (Å²) < 4.78 is 1.77. The molecule has 6 nitrogen and oxygen atoms in total. The Morgan fingerprint density at radius 3 is 2.83 bits per heavy atom. The molecule has 0 aliphatic rings. The summed E-state index contributed by atoms with van der Waals surface area (Å²) in [5.41, 5.74) is 3.01. The second-order valence-electron chi connectivity index (χ2n) is 5.37. The number of aryl methyl sites for hydroxylation is 2. The number of anilines is 1. The minimum atomic E-state index is 0.657. The van der Waals surface area contributed by atoms with E-state index in [2.05, 4.69) is 31.4 Å². The molecule has 0 aromatic carbocycles. The summed E-state index contributed by atoms with van der Waals surface area (Å²) in [5, 5.41) is 7.45. The predicted octanol–water partition coefficient (Wildman–Crippen LogP) is 2.71. The Hall–Kier alpha value is -2.76. The van der Waals surface area contributed by atoms with Gasteiger partial charge in [0.25, 0.3) is 0 Å². The second kappa shape index (κ2) is 7.49. The van der Waals surface area contributed by atoms with Gasteiger partial charge in [-0.15, -0.1) is 0 Å². The number of nitrogens with one attached hydrogen (secondary N) is 1. The molecule has 3 heterocycles. The molecule has 23 heavy (non-hydrogen) atoms. The molecule has 0 fully saturated rings. The van der Waals surface area contributed by atoms with Crippen LogP contribution in [0.2, 0.25) is 0 Å². The summed E-state index contributed by atoms with van der Waals surface area (Å²) in [4.78, 5) is 13.1. The quantitative estimate of drug-likeness (QED) is 0.680. The van der Waals surface area contributed by atoms with Crippen molar-refractivity contribution in [3.63, 3.8) is 0 Å². The topological polar surface area (TPSA) is 68.5 Å². The lowest BCUT2D eigenvalue weighted by Gasteiger charge is -2.05. The van der Waals surface area contributed by atoms with Crippen LogP contribution in [0.1, 0.15) is 18.5 Å². The number of nitrogens with zero attached hydrogens (tertiary/aromatic N) is 5. The normalized spacial score (nSPS) is 10.7.